The van der Waals surface area contributed by atoms with Crippen LogP contribution in [0.1, 0.15) is 13.8 Å². The van der Waals surface area contributed by atoms with Crippen molar-refractivity contribution in [3.8, 4) is 0 Å². The van der Waals surface area contributed by atoms with Crippen molar-refractivity contribution in [2.24, 2.45) is 0 Å². The van der Waals surface area contributed by atoms with E-state index in [2.05, 4.69) is 5.32 Å². The van der Waals surface area contributed by atoms with Crippen LogP contribution >= 0.6 is 0 Å². The summed E-state index contributed by atoms with van der Waals surface area (Å²) in [5.41, 5.74) is 0. The summed E-state index contributed by atoms with van der Waals surface area (Å²) in [7, 11) is -3.01. The lowest BCUT2D eigenvalue weighted by molar-refractivity contribution is 0.466. The van der Waals surface area contributed by atoms with Gasteiger partial charge in [0.05, 0.1) is 11.9 Å². The average molecular weight is 178 g/mol. The Balaban J connectivity index is 2.72. The van der Waals surface area contributed by atoms with Crippen LogP contribution in [0.3, 0.4) is 0 Å². The molecule has 66 valence electrons. The van der Waals surface area contributed by atoms with Crippen molar-refractivity contribution in [2.75, 3.05) is 19.8 Å². The van der Waals surface area contributed by atoms with Gasteiger partial charge in [0.1, 0.15) is 0 Å². The van der Waals surface area contributed by atoms with Gasteiger partial charge in [-0.15, -0.1) is 0 Å². The summed E-state index contributed by atoms with van der Waals surface area (Å²) in [5.74, 6) is 0. The minimum atomic E-state index is -3.01. The van der Waals surface area contributed by atoms with Crippen LogP contribution in [0.15, 0.2) is 0 Å². The Morgan fingerprint density at radius 1 is 1.45 bits per heavy atom. The molecule has 0 unspecified atom stereocenters. The first-order valence-corrected chi connectivity index (χ1v) is 5.25. The van der Waals surface area contributed by atoms with E-state index in [1.807, 2.05) is 0 Å². The molecule has 5 heteroatoms. The molecule has 0 amide bonds. The highest BCUT2D eigenvalue weighted by molar-refractivity contribution is 7.89. The normalized spacial score (nSPS) is 21.4. The molecular formula is C6H14N2O2S. The SMILES string of the molecule is CC(C)S(=O)(=O)N1CCNC1. The third kappa shape index (κ3) is 1.72. The van der Waals surface area contributed by atoms with Crippen LogP contribution < -0.4 is 5.32 Å². The lowest BCUT2D eigenvalue weighted by Crippen LogP contribution is -2.35. The van der Waals surface area contributed by atoms with Crippen molar-refractivity contribution in [3.63, 3.8) is 0 Å². The van der Waals surface area contributed by atoms with E-state index in [0.717, 1.165) is 6.54 Å². The van der Waals surface area contributed by atoms with Crippen molar-refractivity contribution in [1.82, 2.24) is 9.62 Å². The first kappa shape index (κ1) is 8.96. The van der Waals surface area contributed by atoms with Crippen LogP contribution in [0, 0.1) is 0 Å². The summed E-state index contributed by atoms with van der Waals surface area (Å²) in [4.78, 5) is 0. The fourth-order valence-corrected chi connectivity index (χ4v) is 2.22. The zero-order valence-electron chi connectivity index (χ0n) is 6.87. The molecule has 0 aliphatic carbocycles. The summed E-state index contributed by atoms with van der Waals surface area (Å²) < 4.78 is 24.3. The Hall–Kier alpha value is -0.130. The molecule has 1 fully saturated rings. The fraction of sp³-hybridized carbons (Fsp3) is 1.00. The Kier molecular flexibility index (Phi) is 2.51. The Morgan fingerprint density at radius 3 is 2.45 bits per heavy atom. The molecule has 0 bridgehead atoms. The molecule has 0 saturated carbocycles. The molecule has 1 heterocycles. The summed E-state index contributed by atoms with van der Waals surface area (Å²) in [6, 6.07) is 0. The van der Waals surface area contributed by atoms with Gasteiger partial charge < -0.3 is 5.32 Å². The number of rotatable bonds is 2. The van der Waals surface area contributed by atoms with Crippen molar-refractivity contribution in [3.05, 3.63) is 0 Å². The molecule has 1 aliphatic heterocycles. The predicted octanol–water partition coefficient (Wildman–Crippen LogP) is -0.413. The zero-order valence-corrected chi connectivity index (χ0v) is 7.69. The summed E-state index contributed by atoms with van der Waals surface area (Å²) in [5, 5.41) is 2.68. The average Bonchev–Trinajstić information content (AvgIpc) is 2.37. The Labute approximate surface area is 67.6 Å². The molecule has 1 aliphatic rings. The van der Waals surface area contributed by atoms with E-state index in [0.29, 0.717) is 13.2 Å². The van der Waals surface area contributed by atoms with Crippen LogP contribution in [0.4, 0.5) is 0 Å². The maximum absolute atomic E-state index is 11.4. The number of nitrogens with zero attached hydrogens (tertiary/aromatic N) is 1. The molecule has 1 saturated heterocycles. The second-order valence-electron chi connectivity index (χ2n) is 2.93. The molecule has 11 heavy (non-hydrogen) atoms. The molecule has 0 spiro atoms. The van der Waals surface area contributed by atoms with Crippen molar-refractivity contribution in [2.45, 2.75) is 19.1 Å². The van der Waals surface area contributed by atoms with Crippen LogP contribution in [-0.2, 0) is 10.0 Å². The van der Waals surface area contributed by atoms with E-state index in [4.69, 9.17) is 0 Å². The van der Waals surface area contributed by atoms with Gasteiger partial charge in [0.15, 0.2) is 0 Å². The van der Waals surface area contributed by atoms with Gasteiger partial charge in [-0.3, -0.25) is 0 Å². The first-order chi connectivity index (χ1) is 5.05. The van der Waals surface area contributed by atoms with E-state index in [-0.39, 0.29) is 5.25 Å². The van der Waals surface area contributed by atoms with Crippen molar-refractivity contribution in [1.29, 1.82) is 0 Å². The summed E-state index contributed by atoms with van der Waals surface area (Å²) in [6.07, 6.45) is 0. The number of hydrogen-bond acceptors (Lipinski definition) is 3. The second-order valence-corrected chi connectivity index (χ2v) is 5.42. The maximum Gasteiger partial charge on any atom is 0.217 e. The predicted molar refractivity (Wildman–Crippen MR) is 43.6 cm³/mol. The Bertz CT molecular complexity index is 217. The van der Waals surface area contributed by atoms with E-state index in [9.17, 15) is 8.42 Å². The minimum Gasteiger partial charge on any atom is -0.302 e. The lowest BCUT2D eigenvalue weighted by atomic mass is 10.6. The number of nitrogens with one attached hydrogen (secondary N) is 1. The largest absolute Gasteiger partial charge is 0.302 e. The lowest BCUT2D eigenvalue weighted by Gasteiger charge is -2.16. The third-order valence-corrected chi connectivity index (χ3v) is 4.00. The van der Waals surface area contributed by atoms with Gasteiger partial charge in [-0.2, -0.15) is 4.31 Å². The van der Waals surface area contributed by atoms with Crippen molar-refractivity contribution < 1.29 is 8.42 Å². The molecule has 0 atom stereocenters. The highest BCUT2D eigenvalue weighted by Gasteiger charge is 2.27. The van der Waals surface area contributed by atoms with E-state index >= 15 is 0 Å². The molecule has 1 rings (SSSR count). The monoisotopic (exact) mass is 178 g/mol. The molecular weight excluding hydrogens is 164 g/mol. The van der Waals surface area contributed by atoms with Gasteiger partial charge in [-0.1, -0.05) is 0 Å². The third-order valence-electron chi connectivity index (χ3n) is 1.78. The first-order valence-electron chi connectivity index (χ1n) is 3.75. The molecule has 0 aromatic carbocycles. The second kappa shape index (κ2) is 3.08. The molecule has 1 N–H and O–H groups in total. The zero-order chi connectivity index (χ0) is 8.48. The Morgan fingerprint density at radius 2 is 2.09 bits per heavy atom. The van der Waals surface area contributed by atoms with E-state index in [1.54, 1.807) is 13.8 Å². The highest BCUT2D eigenvalue weighted by Crippen LogP contribution is 2.08. The van der Waals surface area contributed by atoms with E-state index < -0.39 is 10.0 Å². The molecule has 0 radical (unpaired) electrons. The molecule has 0 aromatic rings. The minimum absolute atomic E-state index is 0.303. The summed E-state index contributed by atoms with van der Waals surface area (Å²) in [6.45, 7) is 5.26. The standard InChI is InChI=1S/C6H14N2O2S/c1-6(2)11(9,10)8-4-3-7-5-8/h6-7H,3-5H2,1-2H3. The van der Waals surface area contributed by atoms with Crippen molar-refractivity contribution >= 4 is 10.0 Å². The number of hydrogen-bond donors (Lipinski definition) is 1. The summed E-state index contributed by atoms with van der Waals surface area (Å²) >= 11 is 0. The van der Waals surface area contributed by atoms with Gasteiger partial charge >= 0.3 is 0 Å². The van der Waals surface area contributed by atoms with Crippen LogP contribution in [0.25, 0.3) is 0 Å². The van der Waals surface area contributed by atoms with Gasteiger partial charge in [0.2, 0.25) is 10.0 Å². The molecule has 4 nitrogen and oxygen atoms in total. The molecule has 0 aromatic heterocycles. The fourth-order valence-electron chi connectivity index (χ4n) is 1.00. The van der Waals surface area contributed by atoms with Gasteiger partial charge in [0, 0.05) is 13.1 Å². The van der Waals surface area contributed by atoms with Gasteiger partial charge in [-0.25, -0.2) is 8.42 Å². The van der Waals surface area contributed by atoms with E-state index in [1.165, 1.54) is 4.31 Å². The maximum atomic E-state index is 11.4. The van der Waals surface area contributed by atoms with Crippen LogP contribution in [0.2, 0.25) is 0 Å². The topological polar surface area (TPSA) is 49.4 Å². The van der Waals surface area contributed by atoms with Gasteiger partial charge in [0.25, 0.3) is 0 Å². The smallest absolute Gasteiger partial charge is 0.217 e. The quantitative estimate of drug-likeness (QED) is 0.625. The van der Waals surface area contributed by atoms with Gasteiger partial charge in [-0.05, 0) is 13.8 Å². The number of sulfonamides is 1. The van der Waals surface area contributed by atoms with Crippen LogP contribution in [0.5, 0.6) is 0 Å². The highest BCUT2D eigenvalue weighted by atomic mass is 32.2. The van der Waals surface area contributed by atoms with Crippen LogP contribution in [-0.4, -0.2) is 37.7 Å².